The summed E-state index contributed by atoms with van der Waals surface area (Å²) in [4.78, 5) is 2.32. The Morgan fingerprint density at radius 2 is 0.724 bits per heavy atom. The molecule has 0 aliphatic heterocycles. The summed E-state index contributed by atoms with van der Waals surface area (Å²) in [7, 11) is 0. The number of nitrogens with zero attached hydrogens (tertiary/aromatic N) is 1. The van der Waals surface area contributed by atoms with E-state index in [0.29, 0.717) is 0 Å². The molecule has 0 aliphatic rings. The summed E-state index contributed by atoms with van der Waals surface area (Å²) in [6.07, 6.45) is 0. The first kappa shape index (κ1) is 33.6. The molecule has 0 amide bonds. The molecular formula is C56H37NO. The van der Waals surface area contributed by atoms with Crippen LogP contribution in [0.3, 0.4) is 0 Å². The third kappa shape index (κ3) is 6.09. The van der Waals surface area contributed by atoms with E-state index in [1.807, 2.05) is 0 Å². The van der Waals surface area contributed by atoms with E-state index in [-0.39, 0.29) is 0 Å². The molecule has 0 N–H and O–H groups in total. The minimum Gasteiger partial charge on any atom is -0.454 e. The predicted octanol–water partition coefficient (Wildman–Crippen LogP) is 16.0. The summed E-state index contributed by atoms with van der Waals surface area (Å²) in [5.74, 6) is 0. The van der Waals surface area contributed by atoms with Gasteiger partial charge in [0.05, 0.1) is 5.69 Å². The topological polar surface area (TPSA) is 16.4 Å². The van der Waals surface area contributed by atoms with Crippen molar-refractivity contribution in [2.75, 3.05) is 4.90 Å². The Bertz CT molecular complexity index is 3150. The third-order valence-electron chi connectivity index (χ3n) is 11.4. The second-order valence-corrected chi connectivity index (χ2v) is 15.0. The fraction of sp³-hybridized carbons (Fsp3) is 0. The van der Waals surface area contributed by atoms with E-state index in [1.54, 1.807) is 0 Å². The van der Waals surface area contributed by atoms with Crippen LogP contribution in [0.4, 0.5) is 17.1 Å². The summed E-state index contributed by atoms with van der Waals surface area (Å²) in [6.45, 7) is 0. The molecule has 0 unspecified atom stereocenters. The van der Waals surface area contributed by atoms with Gasteiger partial charge >= 0.3 is 0 Å². The van der Waals surface area contributed by atoms with Crippen molar-refractivity contribution in [1.82, 2.24) is 0 Å². The molecule has 0 spiro atoms. The molecule has 0 saturated heterocycles. The van der Waals surface area contributed by atoms with Crippen molar-refractivity contribution in [1.29, 1.82) is 0 Å². The highest BCUT2D eigenvalue weighted by Gasteiger charge is 2.20. The van der Waals surface area contributed by atoms with Crippen molar-refractivity contribution in [3.8, 4) is 44.5 Å². The molecule has 0 aliphatic carbocycles. The third-order valence-corrected chi connectivity index (χ3v) is 11.4. The number of fused-ring (bicyclic) bond motifs is 5. The first-order chi connectivity index (χ1) is 28.7. The Morgan fingerprint density at radius 3 is 1.34 bits per heavy atom. The molecule has 0 radical (unpaired) electrons. The average Bonchev–Trinajstić information content (AvgIpc) is 3.68. The Kier molecular flexibility index (Phi) is 8.19. The minimum atomic E-state index is 0.852. The molecule has 11 rings (SSSR count). The number of anilines is 3. The van der Waals surface area contributed by atoms with Crippen LogP contribution < -0.4 is 4.90 Å². The Hall–Kier alpha value is -7.68. The molecule has 1 aromatic heterocycles. The fourth-order valence-electron chi connectivity index (χ4n) is 8.42. The zero-order valence-electron chi connectivity index (χ0n) is 31.7. The van der Waals surface area contributed by atoms with Crippen molar-refractivity contribution in [2.45, 2.75) is 0 Å². The van der Waals surface area contributed by atoms with Gasteiger partial charge in [-0.2, -0.15) is 0 Å². The number of hydrogen-bond acceptors (Lipinski definition) is 2. The highest BCUT2D eigenvalue weighted by Crippen LogP contribution is 2.44. The highest BCUT2D eigenvalue weighted by molar-refractivity contribution is 6.11. The highest BCUT2D eigenvalue weighted by atomic mass is 16.3. The van der Waals surface area contributed by atoms with Gasteiger partial charge < -0.3 is 9.32 Å². The zero-order chi connectivity index (χ0) is 38.4. The van der Waals surface area contributed by atoms with E-state index in [0.717, 1.165) is 44.6 Å². The maximum atomic E-state index is 6.82. The second-order valence-electron chi connectivity index (χ2n) is 15.0. The first-order valence-corrected chi connectivity index (χ1v) is 19.8. The smallest absolute Gasteiger partial charge is 0.159 e. The molecule has 0 atom stereocenters. The lowest BCUT2D eigenvalue weighted by molar-refractivity contribution is 0.669. The number of para-hydroxylation sites is 1. The van der Waals surface area contributed by atoms with Crippen molar-refractivity contribution < 1.29 is 4.42 Å². The van der Waals surface area contributed by atoms with Gasteiger partial charge in [-0.25, -0.2) is 0 Å². The van der Waals surface area contributed by atoms with Crippen molar-refractivity contribution >= 4 is 60.5 Å². The van der Waals surface area contributed by atoms with Crippen LogP contribution in [0.5, 0.6) is 0 Å². The Labute approximate surface area is 337 Å². The maximum absolute atomic E-state index is 6.82. The molecular weight excluding hydrogens is 703 g/mol. The average molecular weight is 740 g/mol. The van der Waals surface area contributed by atoms with Gasteiger partial charge in [0.25, 0.3) is 0 Å². The van der Waals surface area contributed by atoms with Crippen LogP contribution in [0.2, 0.25) is 0 Å². The zero-order valence-corrected chi connectivity index (χ0v) is 31.7. The number of benzene rings is 10. The summed E-state index contributed by atoms with van der Waals surface area (Å²) in [5.41, 5.74) is 14.3. The van der Waals surface area contributed by atoms with E-state index in [1.165, 1.54) is 60.5 Å². The van der Waals surface area contributed by atoms with E-state index in [2.05, 4.69) is 229 Å². The van der Waals surface area contributed by atoms with Gasteiger partial charge in [-0.3, -0.25) is 0 Å². The molecule has 2 heteroatoms. The van der Waals surface area contributed by atoms with Gasteiger partial charge in [0.2, 0.25) is 0 Å². The van der Waals surface area contributed by atoms with E-state index >= 15 is 0 Å². The summed E-state index contributed by atoms with van der Waals surface area (Å²) in [6, 6.07) is 80.6. The predicted molar refractivity (Wildman–Crippen MR) is 245 cm³/mol. The molecule has 0 fully saturated rings. The molecule has 10 aromatic carbocycles. The number of rotatable bonds is 7. The van der Waals surface area contributed by atoms with E-state index in [4.69, 9.17) is 4.42 Å². The molecule has 58 heavy (non-hydrogen) atoms. The molecule has 11 aromatic rings. The van der Waals surface area contributed by atoms with Crippen molar-refractivity contribution in [2.24, 2.45) is 0 Å². The molecule has 2 nitrogen and oxygen atoms in total. The van der Waals surface area contributed by atoms with Gasteiger partial charge in [0.1, 0.15) is 5.58 Å². The lowest BCUT2D eigenvalue weighted by Crippen LogP contribution is -2.10. The van der Waals surface area contributed by atoms with Gasteiger partial charge in [0, 0.05) is 22.1 Å². The largest absolute Gasteiger partial charge is 0.454 e. The molecule has 272 valence electrons. The van der Waals surface area contributed by atoms with Gasteiger partial charge in [-0.15, -0.1) is 0 Å². The quantitative estimate of drug-likeness (QED) is 0.162. The van der Waals surface area contributed by atoms with E-state index < -0.39 is 0 Å². The first-order valence-electron chi connectivity index (χ1n) is 19.8. The van der Waals surface area contributed by atoms with Crippen molar-refractivity contribution in [3.63, 3.8) is 0 Å². The molecule has 0 bridgehead atoms. The van der Waals surface area contributed by atoms with Crippen LogP contribution in [-0.4, -0.2) is 0 Å². The fourth-order valence-corrected chi connectivity index (χ4v) is 8.42. The molecule has 1 heterocycles. The van der Waals surface area contributed by atoms with E-state index in [9.17, 15) is 0 Å². The number of furan rings is 1. The Balaban J connectivity index is 1.02. The van der Waals surface area contributed by atoms with Crippen LogP contribution in [-0.2, 0) is 0 Å². The Morgan fingerprint density at radius 1 is 0.276 bits per heavy atom. The van der Waals surface area contributed by atoms with Crippen LogP contribution in [0.1, 0.15) is 0 Å². The van der Waals surface area contributed by atoms with Crippen LogP contribution in [0.25, 0.3) is 88.0 Å². The van der Waals surface area contributed by atoms with Crippen molar-refractivity contribution in [3.05, 3.63) is 224 Å². The SMILES string of the molecule is c1ccc(-c2cccc(-c3ccc4oc5c(N(c6ccc(-c7ccc8ccccc8c7)cc6)c6ccc(-c7ccc8ccccc8c7)cc6)cccc5c4c3)c2)cc1. The van der Waals surface area contributed by atoms with Crippen LogP contribution >= 0.6 is 0 Å². The lowest BCUT2D eigenvalue weighted by atomic mass is 9.98. The van der Waals surface area contributed by atoms with Crippen LogP contribution in [0.15, 0.2) is 229 Å². The lowest BCUT2D eigenvalue weighted by Gasteiger charge is -2.26. The summed E-state index contributed by atoms with van der Waals surface area (Å²) in [5, 5.41) is 7.14. The second kappa shape index (κ2) is 14.1. The minimum absolute atomic E-state index is 0.852. The van der Waals surface area contributed by atoms with Gasteiger partial charge in [-0.1, -0.05) is 164 Å². The molecule has 0 saturated carbocycles. The standard InChI is InChI=1S/C56H37NO/c1-2-10-38(11-3-1)45-16-8-17-46(34-45)49-28-33-55-53(37-49)52-18-9-19-54(56(52)58-55)57(50-29-24-41(25-30-50)47-22-20-39-12-4-6-14-43(39)35-47)51-31-26-42(27-32-51)48-23-21-40-13-5-7-15-44(40)36-48/h1-37H. The van der Waals surface area contributed by atoms with Crippen LogP contribution in [0, 0.1) is 0 Å². The number of hydrogen-bond donors (Lipinski definition) is 0. The van der Waals surface area contributed by atoms with Gasteiger partial charge in [-0.05, 0) is 127 Å². The van der Waals surface area contributed by atoms with Gasteiger partial charge in [0.15, 0.2) is 5.58 Å². The summed E-state index contributed by atoms with van der Waals surface area (Å²) >= 11 is 0. The monoisotopic (exact) mass is 739 g/mol. The summed E-state index contributed by atoms with van der Waals surface area (Å²) < 4.78 is 6.82. The normalized spacial score (nSPS) is 11.4. The maximum Gasteiger partial charge on any atom is 0.159 e.